The van der Waals surface area contributed by atoms with Gasteiger partial charge in [-0.05, 0) is 42.1 Å². The number of hydrogen-bond acceptors (Lipinski definition) is 6. The second kappa shape index (κ2) is 9.86. The minimum atomic E-state index is -0.303. The topological polar surface area (TPSA) is 105 Å². The maximum absolute atomic E-state index is 12.7. The van der Waals surface area contributed by atoms with Gasteiger partial charge in [0.15, 0.2) is 5.78 Å². The monoisotopic (exact) mass is 433 g/mol. The smallest absolute Gasteiger partial charge is 0.255 e. The summed E-state index contributed by atoms with van der Waals surface area (Å²) in [5, 5.41) is 13.3. The molecule has 1 aromatic heterocycles. The van der Waals surface area contributed by atoms with Crippen LogP contribution in [0.3, 0.4) is 0 Å². The molecule has 3 aromatic rings. The molecule has 4 N–H and O–H groups in total. The second-order valence-corrected chi connectivity index (χ2v) is 7.83. The molecule has 2 aromatic carbocycles. The van der Waals surface area contributed by atoms with Gasteiger partial charge in [0.05, 0.1) is 30.5 Å². The number of Topliss-reactive ketones (excluding diaryl/α,β-unsaturated/α-hetero) is 1. The minimum Gasteiger partial charge on any atom is -0.495 e. The number of amides is 1. The zero-order valence-electron chi connectivity index (χ0n) is 17.3. The first-order valence-electron chi connectivity index (χ1n) is 9.55. The number of methoxy groups -OCH3 is 1. The molecule has 0 fully saturated rings. The number of carbonyl (C=O) groups is 2. The second-order valence-electron chi connectivity index (χ2n) is 6.80. The molecule has 0 saturated heterocycles. The Labute approximate surface area is 184 Å². The minimum absolute atomic E-state index is 0.00467. The lowest BCUT2D eigenvalue weighted by Gasteiger charge is -2.15. The Morgan fingerprint density at radius 1 is 1.16 bits per heavy atom. The van der Waals surface area contributed by atoms with Crippen molar-refractivity contribution in [1.29, 1.82) is 5.41 Å². The Morgan fingerprint density at radius 2 is 1.90 bits per heavy atom. The van der Waals surface area contributed by atoms with Crippen molar-refractivity contribution in [2.24, 2.45) is 0 Å². The highest BCUT2D eigenvalue weighted by Gasteiger charge is 2.20. The number of nitrogens with one attached hydrogen (secondary N) is 2. The van der Waals surface area contributed by atoms with E-state index in [4.69, 9.17) is 15.9 Å². The highest BCUT2D eigenvalue weighted by molar-refractivity contribution is 7.09. The van der Waals surface area contributed by atoms with E-state index in [0.717, 1.165) is 10.4 Å². The number of allylic oxidation sites excluding steroid dienone is 1. The number of ether oxygens (including phenoxy) is 1. The molecular weight excluding hydrogens is 410 g/mol. The molecule has 0 saturated carbocycles. The summed E-state index contributed by atoms with van der Waals surface area (Å²) < 4.78 is 5.48. The van der Waals surface area contributed by atoms with Gasteiger partial charge in [0, 0.05) is 16.1 Å². The fourth-order valence-electron chi connectivity index (χ4n) is 3.03. The Kier molecular flexibility index (Phi) is 6.99. The number of anilines is 1. The molecule has 0 aliphatic rings. The molecule has 1 amide bonds. The van der Waals surface area contributed by atoms with Crippen molar-refractivity contribution in [3.05, 3.63) is 87.1 Å². The van der Waals surface area contributed by atoms with Crippen molar-refractivity contribution in [3.8, 4) is 5.75 Å². The third kappa shape index (κ3) is 5.26. The summed E-state index contributed by atoms with van der Waals surface area (Å²) in [4.78, 5) is 25.2. The quantitative estimate of drug-likeness (QED) is 0.275. The van der Waals surface area contributed by atoms with E-state index in [-0.39, 0.29) is 23.2 Å². The molecular formula is C24H23N3O3S. The van der Waals surface area contributed by atoms with Crippen LogP contribution in [0, 0.1) is 5.41 Å². The summed E-state index contributed by atoms with van der Waals surface area (Å²) in [6.45, 7) is 1.92. The molecule has 6 nitrogen and oxygen atoms in total. The molecule has 0 atom stereocenters. The molecule has 0 aliphatic carbocycles. The van der Waals surface area contributed by atoms with Crippen molar-refractivity contribution in [1.82, 2.24) is 5.32 Å². The number of benzene rings is 2. The normalized spacial score (nSPS) is 10.8. The number of carbonyl (C=O) groups excluding carboxylic acids is 2. The first-order chi connectivity index (χ1) is 14.9. The lowest BCUT2D eigenvalue weighted by atomic mass is 10.0. The van der Waals surface area contributed by atoms with Crippen LogP contribution in [0.25, 0.3) is 6.08 Å². The van der Waals surface area contributed by atoms with Crippen LogP contribution in [0.15, 0.2) is 60.0 Å². The fourth-order valence-corrected chi connectivity index (χ4v) is 3.68. The van der Waals surface area contributed by atoms with Crippen molar-refractivity contribution in [2.75, 3.05) is 12.8 Å². The Morgan fingerprint density at radius 3 is 2.52 bits per heavy atom. The van der Waals surface area contributed by atoms with Crippen LogP contribution < -0.4 is 15.8 Å². The van der Waals surface area contributed by atoms with Gasteiger partial charge in [-0.25, -0.2) is 0 Å². The predicted octanol–water partition coefficient (Wildman–Crippen LogP) is 4.55. The average molecular weight is 434 g/mol. The number of ketones is 1. The first-order valence-corrected chi connectivity index (χ1v) is 10.4. The lowest BCUT2D eigenvalue weighted by molar-refractivity contribution is 0.0947. The molecule has 0 aliphatic heterocycles. The summed E-state index contributed by atoms with van der Waals surface area (Å²) >= 11 is 1.56. The Hall–Kier alpha value is -3.71. The highest BCUT2D eigenvalue weighted by Crippen LogP contribution is 2.30. The van der Waals surface area contributed by atoms with Gasteiger partial charge < -0.3 is 21.2 Å². The van der Waals surface area contributed by atoms with E-state index in [1.807, 2.05) is 17.5 Å². The van der Waals surface area contributed by atoms with Crippen LogP contribution in [0.5, 0.6) is 5.75 Å². The van der Waals surface area contributed by atoms with E-state index in [1.54, 1.807) is 59.9 Å². The molecule has 0 spiro atoms. The molecule has 0 radical (unpaired) electrons. The predicted molar refractivity (Wildman–Crippen MR) is 125 cm³/mol. The number of hydrogen-bond donors (Lipinski definition) is 3. The standard InChI is InChI=1S/C24H23N3O3S/c1-15(28)17-8-5-16(6-9-17)7-11-20(25)22-21(26)12-10-19(23(22)30-2)24(29)27-14-18-4-3-13-31-18/h3-13,25H,14,26H2,1-2H3,(H,27,29)/b11-7+,25-20?. The van der Waals surface area contributed by atoms with Gasteiger partial charge in [-0.15, -0.1) is 11.3 Å². The molecule has 0 unspecified atom stereocenters. The van der Waals surface area contributed by atoms with Crippen LogP contribution in [0.1, 0.15) is 43.6 Å². The van der Waals surface area contributed by atoms with Crippen molar-refractivity contribution < 1.29 is 14.3 Å². The van der Waals surface area contributed by atoms with Gasteiger partial charge in [-0.3, -0.25) is 9.59 Å². The van der Waals surface area contributed by atoms with E-state index in [0.29, 0.717) is 28.9 Å². The summed E-state index contributed by atoms with van der Waals surface area (Å²) in [5.74, 6) is -0.0525. The molecule has 0 bridgehead atoms. The van der Waals surface area contributed by atoms with Crippen LogP contribution in [0.2, 0.25) is 0 Å². The molecule has 3 rings (SSSR count). The fraction of sp³-hybridized carbons (Fsp3) is 0.125. The maximum Gasteiger partial charge on any atom is 0.255 e. The zero-order valence-corrected chi connectivity index (χ0v) is 18.1. The van der Waals surface area contributed by atoms with Crippen molar-refractivity contribution in [2.45, 2.75) is 13.5 Å². The Bertz CT molecular complexity index is 1130. The van der Waals surface area contributed by atoms with E-state index >= 15 is 0 Å². The molecule has 158 valence electrons. The number of nitrogen functional groups attached to an aromatic ring is 1. The summed E-state index contributed by atoms with van der Waals surface area (Å²) in [5.41, 5.74) is 8.69. The van der Waals surface area contributed by atoms with Gasteiger partial charge in [0.1, 0.15) is 5.75 Å². The number of thiophene rings is 1. The van der Waals surface area contributed by atoms with Gasteiger partial charge in [0.25, 0.3) is 5.91 Å². The maximum atomic E-state index is 12.7. The molecule has 1 heterocycles. The van der Waals surface area contributed by atoms with Crippen molar-refractivity contribution in [3.63, 3.8) is 0 Å². The van der Waals surface area contributed by atoms with Gasteiger partial charge in [-0.2, -0.15) is 0 Å². The van der Waals surface area contributed by atoms with E-state index in [9.17, 15) is 9.59 Å². The SMILES string of the molecule is COc1c(C(=O)NCc2cccs2)ccc(N)c1C(=N)/C=C/c1ccc(C(C)=O)cc1. The first kappa shape index (κ1) is 22.0. The van der Waals surface area contributed by atoms with Crippen LogP contribution in [-0.4, -0.2) is 24.5 Å². The van der Waals surface area contributed by atoms with Crippen LogP contribution >= 0.6 is 11.3 Å². The third-order valence-electron chi connectivity index (χ3n) is 4.67. The number of rotatable bonds is 8. The summed E-state index contributed by atoms with van der Waals surface area (Å²) in [6.07, 6.45) is 3.33. The zero-order chi connectivity index (χ0) is 22.4. The largest absolute Gasteiger partial charge is 0.495 e. The Balaban J connectivity index is 1.83. The lowest BCUT2D eigenvalue weighted by Crippen LogP contribution is -2.23. The van der Waals surface area contributed by atoms with Gasteiger partial charge >= 0.3 is 0 Å². The summed E-state index contributed by atoms with van der Waals surface area (Å²) in [7, 11) is 1.45. The van der Waals surface area contributed by atoms with E-state index in [2.05, 4.69) is 5.32 Å². The van der Waals surface area contributed by atoms with E-state index in [1.165, 1.54) is 14.0 Å². The molecule has 7 heteroatoms. The van der Waals surface area contributed by atoms with Crippen molar-refractivity contribution >= 4 is 40.5 Å². The summed E-state index contributed by atoms with van der Waals surface area (Å²) in [6, 6.07) is 14.1. The van der Waals surface area contributed by atoms with Gasteiger partial charge in [0.2, 0.25) is 0 Å². The molecule has 31 heavy (non-hydrogen) atoms. The average Bonchev–Trinajstić information content (AvgIpc) is 3.29. The van der Waals surface area contributed by atoms with E-state index < -0.39 is 0 Å². The number of nitrogens with two attached hydrogens (primary N) is 1. The highest BCUT2D eigenvalue weighted by atomic mass is 32.1. The van der Waals surface area contributed by atoms with Crippen LogP contribution in [0.4, 0.5) is 5.69 Å². The van der Waals surface area contributed by atoms with Crippen LogP contribution in [-0.2, 0) is 6.54 Å². The third-order valence-corrected chi connectivity index (χ3v) is 5.55. The van der Waals surface area contributed by atoms with Gasteiger partial charge in [-0.1, -0.05) is 36.4 Å².